The summed E-state index contributed by atoms with van der Waals surface area (Å²) in [6.45, 7) is -0.360. The highest BCUT2D eigenvalue weighted by Gasteiger charge is 2.30. The van der Waals surface area contributed by atoms with Crippen LogP contribution in [0.2, 0.25) is 0 Å². The fraction of sp³-hybridized carbons (Fsp3) is 0.103. The van der Waals surface area contributed by atoms with Crippen molar-refractivity contribution in [3.63, 3.8) is 0 Å². The maximum absolute atomic E-state index is 15.2. The number of amidine groups is 1. The molecule has 0 spiro atoms. The summed E-state index contributed by atoms with van der Waals surface area (Å²) in [4.78, 5) is 13.3. The van der Waals surface area contributed by atoms with Crippen molar-refractivity contribution in [3.05, 3.63) is 114 Å². The molecule has 8 nitrogen and oxygen atoms in total. The molecule has 0 saturated heterocycles. The Bertz CT molecular complexity index is 1760. The number of nitrogens with one attached hydrogen (secondary N) is 3. The van der Waals surface area contributed by atoms with Crippen LogP contribution in [-0.2, 0) is 22.6 Å². The number of hydrogen-bond acceptors (Lipinski definition) is 5. The van der Waals surface area contributed by atoms with Crippen LogP contribution in [0, 0.1) is 11.2 Å². The normalized spacial score (nSPS) is 11.5. The SMILES string of the molecule is CS(=O)(=O)c1ccccc1-c1ccc(NC(=O)N(Cc2cccc(C(F)(F)F)c2)Nc2cccc(C(=N)N)c2)c(F)c1. The highest BCUT2D eigenvalue weighted by molar-refractivity contribution is 7.90. The lowest BCUT2D eigenvalue weighted by Gasteiger charge is -2.25. The van der Waals surface area contributed by atoms with E-state index in [2.05, 4.69) is 10.7 Å². The summed E-state index contributed by atoms with van der Waals surface area (Å²) >= 11 is 0. The van der Waals surface area contributed by atoms with Crippen LogP contribution in [-0.4, -0.2) is 31.5 Å². The molecule has 13 heteroatoms. The number of rotatable bonds is 8. The van der Waals surface area contributed by atoms with E-state index in [1.165, 1.54) is 42.5 Å². The molecule has 0 atom stereocenters. The highest BCUT2D eigenvalue weighted by atomic mass is 32.2. The van der Waals surface area contributed by atoms with E-state index in [-0.39, 0.29) is 45.3 Å². The number of sulfone groups is 1. The lowest BCUT2D eigenvalue weighted by molar-refractivity contribution is -0.137. The fourth-order valence-electron chi connectivity index (χ4n) is 4.10. The van der Waals surface area contributed by atoms with Crippen LogP contribution in [0.1, 0.15) is 16.7 Å². The average molecular weight is 600 g/mol. The summed E-state index contributed by atoms with van der Waals surface area (Å²) < 4.78 is 79.5. The number of hydrazine groups is 1. The van der Waals surface area contributed by atoms with Crippen LogP contribution in [0.15, 0.2) is 95.9 Å². The maximum atomic E-state index is 15.2. The van der Waals surface area contributed by atoms with Crippen molar-refractivity contribution in [3.8, 4) is 11.1 Å². The number of nitrogens with two attached hydrogens (primary N) is 1. The van der Waals surface area contributed by atoms with Crippen molar-refractivity contribution in [2.75, 3.05) is 17.0 Å². The second-order valence-corrected chi connectivity index (χ2v) is 11.3. The molecule has 0 radical (unpaired) electrons. The Morgan fingerprint density at radius 3 is 2.33 bits per heavy atom. The Labute approximate surface area is 239 Å². The smallest absolute Gasteiger partial charge is 0.384 e. The molecule has 4 aromatic rings. The second-order valence-electron chi connectivity index (χ2n) is 9.28. The number of hydrogen-bond donors (Lipinski definition) is 4. The first-order valence-corrected chi connectivity index (χ1v) is 14.2. The van der Waals surface area contributed by atoms with E-state index in [0.717, 1.165) is 29.5 Å². The van der Waals surface area contributed by atoms with Crippen LogP contribution >= 0.6 is 0 Å². The number of anilines is 2. The summed E-state index contributed by atoms with van der Waals surface area (Å²) in [5, 5.41) is 11.0. The van der Waals surface area contributed by atoms with Crippen molar-refractivity contribution in [1.82, 2.24) is 5.01 Å². The van der Waals surface area contributed by atoms with Gasteiger partial charge in [-0.3, -0.25) is 10.8 Å². The minimum Gasteiger partial charge on any atom is -0.384 e. The van der Waals surface area contributed by atoms with Crippen molar-refractivity contribution in [2.24, 2.45) is 5.73 Å². The largest absolute Gasteiger partial charge is 0.416 e. The van der Waals surface area contributed by atoms with Crippen LogP contribution < -0.4 is 16.5 Å². The molecule has 0 aliphatic rings. The van der Waals surface area contributed by atoms with Gasteiger partial charge in [-0.1, -0.05) is 48.5 Å². The minimum atomic E-state index is -4.60. The van der Waals surface area contributed by atoms with Gasteiger partial charge in [-0.25, -0.2) is 22.6 Å². The van der Waals surface area contributed by atoms with Crippen LogP contribution in [0.3, 0.4) is 0 Å². The Morgan fingerprint density at radius 1 is 0.952 bits per heavy atom. The van der Waals surface area contributed by atoms with Gasteiger partial charge in [0, 0.05) is 17.4 Å². The van der Waals surface area contributed by atoms with E-state index < -0.39 is 33.4 Å². The van der Waals surface area contributed by atoms with Gasteiger partial charge in [0.25, 0.3) is 0 Å². The third-order valence-corrected chi connectivity index (χ3v) is 7.24. The van der Waals surface area contributed by atoms with E-state index in [9.17, 15) is 26.4 Å². The van der Waals surface area contributed by atoms with Gasteiger partial charge in [0.05, 0.1) is 28.4 Å². The molecule has 42 heavy (non-hydrogen) atoms. The summed E-state index contributed by atoms with van der Waals surface area (Å²) in [5.74, 6) is -1.12. The van der Waals surface area contributed by atoms with Gasteiger partial charge in [-0.05, 0) is 53.6 Å². The summed E-state index contributed by atoms with van der Waals surface area (Å²) in [7, 11) is -3.61. The van der Waals surface area contributed by atoms with Crippen molar-refractivity contribution < 1.29 is 30.8 Å². The predicted molar refractivity (Wildman–Crippen MR) is 152 cm³/mol. The zero-order valence-corrected chi connectivity index (χ0v) is 22.9. The number of carbonyl (C=O) groups is 1. The summed E-state index contributed by atoms with van der Waals surface area (Å²) in [6, 6.07) is 19.4. The van der Waals surface area contributed by atoms with Gasteiger partial charge in [0.2, 0.25) is 0 Å². The number of carbonyl (C=O) groups excluding carboxylic acids is 1. The van der Waals surface area contributed by atoms with Gasteiger partial charge in [0.15, 0.2) is 9.84 Å². The standard InChI is InChI=1S/C29H25F4N5O3S/c1-42(40,41)26-11-3-2-10-23(26)19-12-13-25(24(30)16-19)36-28(39)38(37-22-9-5-7-20(15-22)27(34)35)17-18-6-4-8-21(14-18)29(31,32)33/h2-16,37H,17H2,1H3,(H3,34,35)(H,36,39). The van der Waals surface area contributed by atoms with E-state index in [1.807, 2.05) is 0 Å². The number of benzene rings is 4. The van der Waals surface area contributed by atoms with E-state index in [0.29, 0.717) is 5.56 Å². The minimum absolute atomic E-state index is 0.00504. The second kappa shape index (κ2) is 11.9. The molecule has 2 amide bonds. The molecule has 4 rings (SSSR count). The molecule has 0 aliphatic carbocycles. The number of halogens is 4. The Morgan fingerprint density at radius 2 is 1.67 bits per heavy atom. The molecule has 5 N–H and O–H groups in total. The lowest BCUT2D eigenvalue weighted by atomic mass is 10.1. The highest BCUT2D eigenvalue weighted by Crippen LogP contribution is 2.31. The Kier molecular flexibility index (Phi) is 8.52. The van der Waals surface area contributed by atoms with Crippen LogP contribution in [0.4, 0.5) is 33.7 Å². The molecule has 218 valence electrons. The van der Waals surface area contributed by atoms with Crippen molar-refractivity contribution in [2.45, 2.75) is 17.6 Å². The number of alkyl halides is 3. The number of nitrogen functional groups attached to an aromatic ring is 1. The molecule has 4 aromatic carbocycles. The monoisotopic (exact) mass is 599 g/mol. The Hall–Kier alpha value is -4.91. The van der Waals surface area contributed by atoms with Crippen molar-refractivity contribution in [1.29, 1.82) is 5.41 Å². The average Bonchev–Trinajstić information content (AvgIpc) is 2.93. The van der Waals surface area contributed by atoms with Gasteiger partial charge in [-0.15, -0.1) is 0 Å². The molecule has 0 heterocycles. The zero-order chi connectivity index (χ0) is 30.7. The van der Waals surface area contributed by atoms with E-state index >= 15 is 4.39 Å². The summed E-state index contributed by atoms with van der Waals surface area (Å²) in [6.07, 6.45) is -3.57. The van der Waals surface area contributed by atoms with E-state index in [1.54, 1.807) is 30.3 Å². The summed E-state index contributed by atoms with van der Waals surface area (Å²) in [5.41, 5.74) is 8.43. The van der Waals surface area contributed by atoms with Gasteiger partial charge < -0.3 is 11.1 Å². The molecule has 0 saturated carbocycles. The van der Waals surface area contributed by atoms with Gasteiger partial charge in [0.1, 0.15) is 11.7 Å². The first-order valence-electron chi connectivity index (χ1n) is 12.3. The molecular formula is C29H25F4N5O3S. The third-order valence-electron chi connectivity index (χ3n) is 6.09. The lowest BCUT2D eigenvalue weighted by Crippen LogP contribution is -2.39. The zero-order valence-electron chi connectivity index (χ0n) is 22.0. The molecule has 0 bridgehead atoms. The van der Waals surface area contributed by atoms with Gasteiger partial charge >= 0.3 is 12.2 Å². The van der Waals surface area contributed by atoms with Crippen LogP contribution in [0.5, 0.6) is 0 Å². The molecule has 0 unspecified atom stereocenters. The third kappa shape index (κ3) is 7.23. The van der Waals surface area contributed by atoms with Crippen molar-refractivity contribution >= 4 is 33.1 Å². The topological polar surface area (TPSA) is 128 Å². The molecule has 0 fully saturated rings. The van der Waals surface area contributed by atoms with Crippen LogP contribution in [0.25, 0.3) is 11.1 Å². The molecular weight excluding hydrogens is 574 g/mol. The Balaban J connectivity index is 1.64. The molecule has 0 aromatic heterocycles. The molecule has 0 aliphatic heterocycles. The predicted octanol–water partition coefficient (Wildman–Crippen LogP) is 6.26. The first kappa shape index (κ1) is 30.1. The maximum Gasteiger partial charge on any atom is 0.416 e. The number of amides is 2. The number of nitrogens with zero attached hydrogens (tertiary/aromatic N) is 1. The first-order chi connectivity index (χ1) is 19.7. The number of urea groups is 1. The quantitative estimate of drug-likeness (QED) is 0.0823. The van der Waals surface area contributed by atoms with Gasteiger partial charge in [-0.2, -0.15) is 13.2 Å². The fourth-order valence-corrected chi connectivity index (χ4v) is 5.01. The van der Waals surface area contributed by atoms with E-state index in [4.69, 9.17) is 11.1 Å².